The van der Waals surface area contributed by atoms with Crippen molar-refractivity contribution < 1.29 is 9.53 Å². The van der Waals surface area contributed by atoms with Gasteiger partial charge in [-0.05, 0) is 36.4 Å². The average Bonchev–Trinajstić information content (AvgIpc) is 2.87. The van der Waals surface area contributed by atoms with E-state index in [1.807, 2.05) is 54.6 Å². The van der Waals surface area contributed by atoms with Crippen molar-refractivity contribution in [1.29, 1.82) is 0 Å². The van der Waals surface area contributed by atoms with Crippen molar-refractivity contribution in [2.75, 3.05) is 18.0 Å². The number of nitrogens with one attached hydrogen (secondary N) is 1. The van der Waals surface area contributed by atoms with E-state index in [4.69, 9.17) is 4.74 Å². The predicted octanol–water partition coefficient (Wildman–Crippen LogP) is 3.01. The van der Waals surface area contributed by atoms with Gasteiger partial charge in [0.05, 0.1) is 0 Å². The summed E-state index contributed by atoms with van der Waals surface area (Å²) < 4.78 is 5.70. The van der Waals surface area contributed by atoms with Gasteiger partial charge in [0.25, 0.3) is 0 Å². The number of urea groups is 1. The summed E-state index contributed by atoms with van der Waals surface area (Å²) in [4.78, 5) is 13.2. The summed E-state index contributed by atoms with van der Waals surface area (Å²) in [6.45, 7) is 1.40. The number of benzene rings is 2. The van der Waals surface area contributed by atoms with Gasteiger partial charge in [-0.3, -0.25) is 4.90 Å². The van der Waals surface area contributed by atoms with Gasteiger partial charge in [0.15, 0.2) is 0 Å². The topological polar surface area (TPSA) is 41.6 Å². The Kier molecular flexibility index (Phi) is 3.06. The molecule has 96 valence electrons. The minimum Gasteiger partial charge on any atom is -0.457 e. The van der Waals surface area contributed by atoms with Crippen LogP contribution in [0, 0.1) is 0 Å². The molecule has 2 aromatic rings. The van der Waals surface area contributed by atoms with E-state index in [0.29, 0.717) is 13.1 Å². The lowest BCUT2D eigenvalue weighted by molar-refractivity contribution is 0.252. The molecule has 1 aliphatic rings. The van der Waals surface area contributed by atoms with Crippen molar-refractivity contribution in [1.82, 2.24) is 5.32 Å². The Morgan fingerprint density at radius 1 is 0.947 bits per heavy atom. The lowest BCUT2D eigenvalue weighted by Gasteiger charge is -2.14. The maximum Gasteiger partial charge on any atom is 0.321 e. The molecule has 4 nitrogen and oxygen atoms in total. The predicted molar refractivity (Wildman–Crippen MR) is 73.7 cm³/mol. The smallest absolute Gasteiger partial charge is 0.321 e. The molecule has 0 aromatic heterocycles. The van der Waals surface area contributed by atoms with Gasteiger partial charge in [0.1, 0.15) is 11.5 Å². The molecule has 0 aliphatic carbocycles. The standard InChI is InChI=1S/C15H14N2O2/c18-15-16-10-11-17(15)12-6-8-14(9-7-12)19-13-4-2-1-3-5-13/h1-9H,10-11H2,(H,16,18). The van der Waals surface area contributed by atoms with Crippen LogP contribution in [0.5, 0.6) is 11.5 Å². The normalized spacial score (nSPS) is 14.3. The van der Waals surface area contributed by atoms with E-state index < -0.39 is 0 Å². The second-order valence-corrected chi connectivity index (χ2v) is 4.29. The number of para-hydroxylation sites is 1. The fourth-order valence-electron chi connectivity index (χ4n) is 2.04. The maximum absolute atomic E-state index is 11.5. The Bertz CT molecular complexity index is 566. The zero-order valence-corrected chi connectivity index (χ0v) is 10.4. The Labute approximate surface area is 111 Å². The highest BCUT2D eigenvalue weighted by molar-refractivity contribution is 5.94. The fourth-order valence-corrected chi connectivity index (χ4v) is 2.04. The summed E-state index contributed by atoms with van der Waals surface area (Å²) in [5.74, 6) is 1.56. The van der Waals surface area contributed by atoms with Crippen LogP contribution in [0.3, 0.4) is 0 Å². The fraction of sp³-hybridized carbons (Fsp3) is 0.133. The van der Waals surface area contributed by atoms with E-state index in [0.717, 1.165) is 17.2 Å². The first-order chi connectivity index (χ1) is 9.33. The van der Waals surface area contributed by atoms with Gasteiger partial charge in [-0.2, -0.15) is 0 Å². The first kappa shape index (κ1) is 11.6. The molecule has 1 saturated heterocycles. The molecular formula is C15H14N2O2. The molecule has 0 unspecified atom stereocenters. The van der Waals surface area contributed by atoms with Crippen LogP contribution < -0.4 is 15.0 Å². The van der Waals surface area contributed by atoms with E-state index in [1.54, 1.807) is 4.90 Å². The molecule has 1 aliphatic heterocycles. The van der Waals surface area contributed by atoms with Crippen LogP contribution in [0.1, 0.15) is 0 Å². The molecule has 2 amide bonds. The number of nitrogens with zero attached hydrogens (tertiary/aromatic N) is 1. The Balaban J connectivity index is 1.74. The van der Waals surface area contributed by atoms with Crippen LogP contribution in [0.4, 0.5) is 10.5 Å². The third-order valence-electron chi connectivity index (χ3n) is 2.98. The number of carbonyl (C=O) groups is 1. The number of rotatable bonds is 3. The molecule has 1 fully saturated rings. The second kappa shape index (κ2) is 5.02. The number of carbonyl (C=O) groups excluding carboxylic acids is 1. The minimum absolute atomic E-state index is 0.0447. The van der Waals surface area contributed by atoms with E-state index in [9.17, 15) is 4.79 Å². The number of hydrogen-bond donors (Lipinski definition) is 1. The third-order valence-corrected chi connectivity index (χ3v) is 2.98. The number of hydrogen-bond acceptors (Lipinski definition) is 2. The van der Waals surface area contributed by atoms with Gasteiger partial charge in [-0.1, -0.05) is 18.2 Å². The number of anilines is 1. The van der Waals surface area contributed by atoms with Crippen LogP contribution in [0.25, 0.3) is 0 Å². The monoisotopic (exact) mass is 254 g/mol. The molecule has 0 atom stereocenters. The van der Waals surface area contributed by atoms with Crippen LogP contribution in [0.15, 0.2) is 54.6 Å². The van der Waals surface area contributed by atoms with Crippen molar-refractivity contribution >= 4 is 11.7 Å². The lowest BCUT2D eigenvalue weighted by atomic mass is 10.3. The minimum atomic E-state index is -0.0447. The Hall–Kier alpha value is -2.49. The molecule has 0 bridgehead atoms. The average molecular weight is 254 g/mol. The summed E-state index contributed by atoms with van der Waals surface area (Å²) in [7, 11) is 0. The van der Waals surface area contributed by atoms with Gasteiger partial charge >= 0.3 is 6.03 Å². The highest BCUT2D eigenvalue weighted by Gasteiger charge is 2.20. The van der Waals surface area contributed by atoms with E-state index in [-0.39, 0.29) is 6.03 Å². The number of amides is 2. The first-order valence-electron chi connectivity index (χ1n) is 6.21. The summed E-state index contributed by atoms with van der Waals surface area (Å²) in [5.41, 5.74) is 0.885. The molecule has 0 saturated carbocycles. The molecule has 1 N–H and O–H groups in total. The quantitative estimate of drug-likeness (QED) is 0.914. The zero-order valence-electron chi connectivity index (χ0n) is 10.4. The molecule has 4 heteroatoms. The molecule has 3 rings (SSSR count). The van der Waals surface area contributed by atoms with Crippen molar-refractivity contribution in [3.8, 4) is 11.5 Å². The van der Waals surface area contributed by atoms with E-state index >= 15 is 0 Å². The van der Waals surface area contributed by atoms with Crippen molar-refractivity contribution in [2.24, 2.45) is 0 Å². The van der Waals surface area contributed by atoms with Gasteiger partial charge < -0.3 is 10.1 Å². The summed E-state index contributed by atoms with van der Waals surface area (Å²) in [6, 6.07) is 17.1. The van der Waals surface area contributed by atoms with E-state index in [2.05, 4.69) is 5.32 Å². The molecule has 1 heterocycles. The highest BCUT2D eigenvalue weighted by Crippen LogP contribution is 2.24. The van der Waals surface area contributed by atoms with Crippen LogP contribution >= 0.6 is 0 Å². The zero-order chi connectivity index (χ0) is 13.1. The van der Waals surface area contributed by atoms with Crippen molar-refractivity contribution in [2.45, 2.75) is 0 Å². The van der Waals surface area contributed by atoms with Crippen molar-refractivity contribution in [3.63, 3.8) is 0 Å². The van der Waals surface area contributed by atoms with Gasteiger partial charge in [0.2, 0.25) is 0 Å². The summed E-state index contributed by atoms with van der Waals surface area (Å²) in [5, 5.41) is 2.78. The van der Waals surface area contributed by atoms with Crippen LogP contribution in [0.2, 0.25) is 0 Å². The van der Waals surface area contributed by atoms with E-state index in [1.165, 1.54) is 0 Å². The summed E-state index contributed by atoms with van der Waals surface area (Å²) in [6.07, 6.45) is 0. The van der Waals surface area contributed by atoms with Crippen LogP contribution in [-0.4, -0.2) is 19.1 Å². The summed E-state index contributed by atoms with van der Waals surface area (Å²) >= 11 is 0. The molecule has 0 radical (unpaired) electrons. The Morgan fingerprint density at radius 2 is 1.63 bits per heavy atom. The highest BCUT2D eigenvalue weighted by atomic mass is 16.5. The Morgan fingerprint density at radius 3 is 2.26 bits per heavy atom. The lowest BCUT2D eigenvalue weighted by Crippen LogP contribution is -2.27. The van der Waals surface area contributed by atoms with Crippen LogP contribution in [-0.2, 0) is 0 Å². The number of ether oxygens (including phenoxy) is 1. The molecule has 0 spiro atoms. The molecular weight excluding hydrogens is 240 g/mol. The van der Waals surface area contributed by atoms with Gasteiger partial charge in [-0.15, -0.1) is 0 Å². The largest absolute Gasteiger partial charge is 0.457 e. The van der Waals surface area contributed by atoms with Gasteiger partial charge in [0, 0.05) is 18.8 Å². The first-order valence-corrected chi connectivity index (χ1v) is 6.21. The molecule has 19 heavy (non-hydrogen) atoms. The van der Waals surface area contributed by atoms with Gasteiger partial charge in [-0.25, -0.2) is 4.79 Å². The second-order valence-electron chi connectivity index (χ2n) is 4.29. The molecule has 2 aromatic carbocycles. The third kappa shape index (κ3) is 2.52. The maximum atomic E-state index is 11.5. The SMILES string of the molecule is O=C1NCCN1c1ccc(Oc2ccccc2)cc1. The van der Waals surface area contributed by atoms with Crippen molar-refractivity contribution in [3.05, 3.63) is 54.6 Å².